The van der Waals surface area contributed by atoms with E-state index in [4.69, 9.17) is 9.88 Å². The van der Waals surface area contributed by atoms with Crippen molar-refractivity contribution in [2.75, 3.05) is 6.61 Å². The third kappa shape index (κ3) is 4.55. The molecule has 0 bridgehead atoms. The molecule has 0 aliphatic carbocycles. The molecule has 112 valence electrons. The highest BCUT2D eigenvalue weighted by Gasteiger charge is 2.17. The van der Waals surface area contributed by atoms with Gasteiger partial charge in [0.05, 0.1) is 12.6 Å². The van der Waals surface area contributed by atoms with E-state index in [0.717, 1.165) is 42.1 Å². The average molecular weight is 318 g/mol. The van der Waals surface area contributed by atoms with Crippen LogP contribution in [-0.2, 0) is 26.1 Å². The zero-order chi connectivity index (χ0) is 14.6. The lowest BCUT2D eigenvalue weighted by molar-refractivity contribution is -0.121. The second kappa shape index (κ2) is 6.66. The fraction of sp³-hybridized carbons (Fsp3) is 0.583. The van der Waals surface area contributed by atoms with Crippen molar-refractivity contribution < 1.29 is 17.9 Å². The molecule has 1 aromatic heterocycles. The molecule has 0 radical (unpaired) electrons. The van der Waals surface area contributed by atoms with E-state index in [-0.39, 0.29) is 16.2 Å². The molecule has 2 heterocycles. The number of thiophene rings is 1. The number of hydrogen-bond donors (Lipinski definition) is 2. The fourth-order valence-electron chi connectivity index (χ4n) is 2.04. The molecule has 2 rings (SSSR count). The summed E-state index contributed by atoms with van der Waals surface area (Å²) in [5, 5.41) is 7.79. The van der Waals surface area contributed by atoms with Crippen LogP contribution < -0.4 is 10.5 Å². The zero-order valence-corrected chi connectivity index (χ0v) is 12.6. The van der Waals surface area contributed by atoms with Crippen molar-refractivity contribution in [3.05, 3.63) is 17.0 Å². The Hall–Kier alpha value is -0.960. The van der Waals surface area contributed by atoms with Gasteiger partial charge in [-0.25, -0.2) is 13.6 Å². The summed E-state index contributed by atoms with van der Waals surface area (Å²) in [6, 6.07) is 3.11. The van der Waals surface area contributed by atoms with Crippen molar-refractivity contribution in [3.63, 3.8) is 0 Å². The summed E-state index contributed by atoms with van der Waals surface area (Å²) < 4.78 is 27.8. The van der Waals surface area contributed by atoms with E-state index in [1.165, 1.54) is 6.07 Å². The molecule has 1 amide bonds. The molecule has 0 aromatic carbocycles. The summed E-state index contributed by atoms with van der Waals surface area (Å²) in [5.74, 6) is -0.0499. The van der Waals surface area contributed by atoms with Gasteiger partial charge >= 0.3 is 0 Å². The van der Waals surface area contributed by atoms with Gasteiger partial charge in [0, 0.05) is 17.9 Å². The number of hydrogen-bond acceptors (Lipinski definition) is 5. The standard InChI is InChI=1S/C12H18N2O4S2/c13-20(16,17)12-6-4-10(19-12)8-14-11(15)5-3-9-2-1-7-18-9/h4,6,9H,1-3,5,7-8H2,(H,14,15)(H2,13,16,17). The van der Waals surface area contributed by atoms with Gasteiger partial charge in [0.15, 0.2) is 0 Å². The number of sulfonamides is 1. The van der Waals surface area contributed by atoms with E-state index in [0.29, 0.717) is 13.0 Å². The number of amides is 1. The van der Waals surface area contributed by atoms with Gasteiger partial charge in [0.1, 0.15) is 4.21 Å². The summed E-state index contributed by atoms with van der Waals surface area (Å²) in [6.45, 7) is 1.11. The Morgan fingerprint density at radius 3 is 2.90 bits per heavy atom. The van der Waals surface area contributed by atoms with Gasteiger partial charge in [0.2, 0.25) is 15.9 Å². The lowest BCUT2D eigenvalue weighted by Gasteiger charge is -2.08. The second-order valence-electron chi connectivity index (χ2n) is 4.72. The van der Waals surface area contributed by atoms with Crippen molar-refractivity contribution >= 4 is 27.3 Å². The van der Waals surface area contributed by atoms with Crippen LogP contribution in [0.15, 0.2) is 16.3 Å². The van der Waals surface area contributed by atoms with Crippen LogP contribution in [0.4, 0.5) is 0 Å². The first-order valence-electron chi connectivity index (χ1n) is 6.45. The normalized spacial score (nSPS) is 19.1. The van der Waals surface area contributed by atoms with Crippen LogP contribution in [-0.4, -0.2) is 27.0 Å². The summed E-state index contributed by atoms with van der Waals surface area (Å²) in [7, 11) is -3.65. The summed E-state index contributed by atoms with van der Waals surface area (Å²) in [4.78, 5) is 12.4. The van der Waals surface area contributed by atoms with E-state index in [9.17, 15) is 13.2 Å². The van der Waals surface area contributed by atoms with E-state index < -0.39 is 10.0 Å². The van der Waals surface area contributed by atoms with Crippen molar-refractivity contribution in [2.45, 2.75) is 42.5 Å². The minimum atomic E-state index is -3.65. The third-order valence-corrected chi connectivity index (χ3v) is 5.62. The first-order valence-corrected chi connectivity index (χ1v) is 8.81. The largest absolute Gasteiger partial charge is 0.378 e. The fourth-order valence-corrected chi connectivity index (χ4v) is 3.76. The predicted octanol–water partition coefficient (Wildman–Crippen LogP) is 0.971. The Morgan fingerprint density at radius 1 is 1.50 bits per heavy atom. The minimum absolute atomic E-state index is 0.0499. The Kier molecular flexibility index (Phi) is 5.14. The van der Waals surface area contributed by atoms with Crippen LogP contribution in [0.1, 0.15) is 30.6 Å². The molecule has 1 saturated heterocycles. The molecule has 1 aliphatic heterocycles. The van der Waals surface area contributed by atoms with Gasteiger partial charge in [-0.3, -0.25) is 4.79 Å². The molecule has 1 fully saturated rings. The van der Waals surface area contributed by atoms with E-state index in [1.54, 1.807) is 6.07 Å². The van der Waals surface area contributed by atoms with Crippen LogP contribution in [0.2, 0.25) is 0 Å². The van der Waals surface area contributed by atoms with Gasteiger partial charge < -0.3 is 10.1 Å². The lowest BCUT2D eigenvalue weighted by atomic mass is 10.1. The highest BCUT2D eigenvalue weighted by Crippen LogP contribution is 2.20. The highest BCUT2D eigenvalue weighted by atomic mass is 32.2. The van der Waals surface area contributed by atoms with Crippen LogP contribution in [0.3, 0.4) is 0 Å². The number of nitrogens with two attached hydrogens (primary N) is 1. The molecule has 1 aliphatic rings. The molecule has 0 saturated carbocycles. The number of primary sulfonamides is 1. The monoisotopic (exact) mass is 318 g/mol. The van der Waals surface area contributed by atoms with Gasteiger partial charge in [-0.05, 0) is 31.4 Å². The lowest BCUT2D eigenvalue weighted by Crippen LogP contribution is -2.23. The van der Waals surface area contributed by atoms with Gasteiger partial charge in [0.25, 0.3) is 0 Å². The molecular weight excluding hydrogens is 300 g/mol. The maximum Gasteiger partial charge on any atom is 0.247 e. The maximum absolute atomic E-state index is 11.7. The highest BCUT2D eigenvalue weighted by molar-refractivity contribution is 7.91. The minimum Gasteiger partial charge on any atom is -0.378 e. The van der Waals surface area contributed by atoms with Crippen LogP contribution >= 0.6 is 11.3 Å². The van der Waals surface area contributed by atoms with Crippen LogP contribution in [0, 0.1) is 0 Å². The van der Waals surface area contributed by atoms with E-state index in [2.05, 4.69) is 5.32 Å². The molecular formula is C12H18N2O4S2. The molecule has 0 spiro atoms. The summed E-state index contributed by atoms with van der Waals surface area (Å²) in [5.41, 5.74) is 0. The third-order valence-electron chi connectivity index (χ3n) is 3.09. The first kappa shape index (κ1) is 15.4. The average Bonchev–Trinajstić information content (AvgIpc) is 3.04. The summed E-state index contributed by atoms with van der Waals surface area (Å²) in [6.07, 6.45) is 3.46. The van der Waals surface area contributed by atoms with E-state index >= 15 is 0 Å². The number of ether oxygens (including phenoxy) is 1. The number of rotatable bonds is 6. The number of nitrogens with one attached hydrogen (secondary N) is 1. The summed E-state index contributed by atoms with van der Waals surface area (Å²) >= 11 is 1.07. The van der Waals surface area contributed by atoms with Crippen LogP contribution in [0.25, 0.3) is 0 Å². The Bertz CT molecular complexity index is 562. The van der Waals surface area contributed by atoms with Gasteiger partial charge in [-0.1, -0.05) is 0 Å². The maximum atomic E-state index is 11.7. The topological polar surface area (TPSA) is 98.5 Å². The van der Waals surface area contributed by atoms with Crippen molar-refractivity contribution in [1.29, 1.82) is 0 Å². The molecule has 20 heavy (non-hydrogen) atoms. The molecule has 8 heteroatoms. The Morgan fingerprint density at radius 2 is 2.30 bits per heavy atom. The predicted molar refractivity (Wildman–Crippen MR) is 75.7 cm³/mol. The molecule has 6 nitrogen and oxygen atoms in total. The zero-order valence-electron chi connectivity index (χ0n) is 11.0. The number of carbonyl (C=O) groups excluding carboxylic acids is 1. The molecule has 1 aromatic rings. The quantitative estimate of drug-likeness (QED) is 0.816. The van der Waals surface area contributed by atoms with Crippen molar-refractivity contribution in [1.82, 2.24) is 5.32 Å². The first-order chi connectivity index (χ1) is 9.45. The Balaban J connectivity index is 1.74. The molecule has 1 unspecified atom stereocenters. The molecule has 1 atom stereocenters. The van der Waals surface area contributed by atoms with Gasteiger partial charge in [-0.2, -0.15) is 0 Å². The smallest absolute Gasteiger partial charge is 0.247 e. The van der Waals surface area contributed by atoms with Crippen molar-refractivity contribution in [2.24, 2.45) is 5.14 Å². The van der Waals surface area contributed by atoms with Gasteiger partial charge in [-0.15, -0.1) is 11.3 Å². The van der Waals surface area contributed by atoms with E-state index in [1.807, 2.05) is 0 Å². The van der Waals surface area contributed by atoms with Crippen molar-refractivity contribution in [3.8, 4) is 0 Å². The molecule has 3 N–H and O–H groups in total. The number of carbonyl (C=O) groups is 1. The second-order valence-corrected chi connectivity index (χ2v) is 7.67. The Labute approximate surface area is 122 Å². The SMILES string of the molecule is NS(=O)(=O)c1ccc(CNC(=O)CCC2CCCO2)s1. The van der Waals surface area contributed by atoms with Crippen LogP contribution in [0.5, 0.6) is 0 Å².